The maximum atomic E-state index is 13.1. The Morgan fingerprint density at radius 1 is 0.944 bits per heavy atom. The molecule has 0 saturated heterocycles. The van der Waals surface area contributed by atoms with E-state index >= 15 is 0 Å². The summed E-state index contributed by atoms with van der Waals surface area (Å²) < 4.78 is 31.1. The van der Waals surface area contributed by atoms with Crippen molar-refractivity contribution in [3.63, 3.8) is 0 Å². The molecule has 0 atom stereocenters. The molecule has 0 bridgehead atoms. The van der Waals surface area contributed by atoms with Crippen molar-refractivity contribution in [3.8, 4) is 0 Å². The molecule has 0 aromatic heterocycles. The van der Waals surface area contributed by atoms with Crippen LogP contribution < -0.4 is 0 Å². The van der Waals surface area contributed by atoms with Crippen molar-refractivity contribution < 1.29 is 18.3 Å². The Morgan fingerprint density at radius 3 is 1.83 bits per heavy atom. The van der Waals surface area contributed by atoms with Gasteiger partial charge in [0.2, 0.25) is 0 Å². The van der Waals surface area contributed by atoms with E-state index in [4.69, 9.17) is 4.74 Å². The molecule has 0 spiro atoms. The lowest BCUT2D eigenvalue weighted by atomic mass is 10.0. The van der Waals surface area contributed by atoms with Crippen LogP contribution in [0.25, 0.3) is 0 Å². The summed E-state index contributed by atoms with van der Waals surface area (Å²) in [6.07, 6.45) is -0.867. The van der Waals surface area contributed by atoms with Crippen LogP contribution in [-0.4, -0.2) is 6.47 Å². The molecule has 4 heteroatoms. The van der Waals surface area contributed by atoms with Crippen LogP contribution in [-0.2, 0) is 9.53 Å². The number of hydrogen-bond donors (Lipinski definition) is 0. The molecule has 0 saturated carbocycles. The van der Waals surface area contributed by atoms with Gasteiger partial charge in [0.25, 0.3) is 0 Å². The first-order valence-corrected chi connectivity index (χ1v) is 5.24. The van der Waals surface area contributed by atoms with E-state index in [0.29, 0.717) is 11.1 Å². The summed E-state index contributed by atoms with van der Waals surface area (Å²) in [6.45, 7) is 1.31. The molecular formula is C14H9F2O2. The van der Waals surface area contributed by atoms with E-state index in [0.717, 1.165) is 0 Å². The second-order valence-corrected chi connectivity index (χ2v) is 3.69. The second-order valence-electron chi connectivity index (χ2n) is 3.69. The van der Waals surface area contributed by atoms with Gasteiger partial charge in [-0.1, -0.05) is 24.3 Å². The SMILES string of the molecule is O=[C]OC(c1cccc(F)c1)c1cccc(F)c1. The number of rotatable bonds is 4. The van der Waals surface area contributed by atoms with Gasteiger partial charge in [0.1, 0.15) is 11.6 Å². The predicted molar refractivity (Wildman–Crippen MR) is 61.4 cm³/mol. The first kappa shape index (κ1) is 12.2. The molecule has 91 valence electrons. The van der Waals surface area contributed by atoms with Crippen LogP contribution in [0.4, 0.5) is 8.78 Å². The van der Waals surface area contributed by atoms with E-state index in [-0.39, 0.29) is 0 Å². The largest absolute Gasteiger partial charge is 0.444 e. The van der Waals surface area contributed by atoms with E-state index < -0.39 is 17.7 Å². The van der Waals surface area contributed by atoms with Gasteiger partial charge in [-0.05, 0) is 35.4 Å². The zero-order valence-electron chi connectivity index (χ0n) is 9.27. The summed E-state index contributed by atoms with van der Waals surface area (Å²) in [5, 5.41) is 0. The lowest BCUT2D eigenvalue weighted by Gasteiger charge is -2.15. The topological polar surface area (TPSA) is 26.3 Å². The molecule has 0 unspecified atom stereocenters. The molecule has 1 radical (unpaired) electrons. The lowest BCUT2D eigenvalue weighted by Crippen LogP contribution is -2.05. The van der Waals surface area contributed by atoms with E-state index in [1.165, 1.54) is 42.9 Å². The van der Waals surface area contributed by atoms with Crippen molar-refractivity contribution in [3.05, 3.63) is 71.3 Å². The van der Waals surface area contributed by atoms with Crippen molar-refractivity contribution in [2.24, 2.45) is 0 Å². The van der Waals surface area contributed by atoms with Crippen LogP contribution in [0.5, 0.6) is 0 Å². The summed E-state index contributed by atoms with van der Waals surface area (Å²) in [7, 11) is 0. The summed E-state index contributed by atoms with van der Waals surface area (Å²) in [6, 6.07) is 11.2. The summed E-state index contributed by atoms with van der Waals surface area (Å²) in [5.41, 5.74) is 0.841. The molecule has 2 nitrogen and oxygen atoms in total. The van der Waals surface area contributed by atoms with Gasteiger partial charge in [-0.2, -0.15) is 0 Å². The van der Waals surface area contributed by atoms with Gasteiger partial charge in [0, 0.05) is 0 Å². The van der Waals surface area contributed by atoms with Gasteiger partial charge in [0.05, 0.1) is 0 Å². The van der Waals surface area contributed by atoms with Gasteiger partial charge < -0.3 is 4.74 Å². The lowest BCUT2D eigenvalue weighted by molar-refractivity contribution is 0.215. The number of ether oxygens (including phenoxy) is 1. The van der Waals surface area contributed by atoms with Crippen molar-refractivity contribution in [1.29, 1.82) is 0 Å². The standard InChI is InChI=1S/C14H9F2O2/c15-12-5-1-3-10(7-12)14(18-9-17)11-4-2-6-13(16)8-11/h1-8,14H. The van der Waals surface area contributed by atoms with Gasteiger partial charge in [0.15, 0.2) is 6.10 Å². The highest BCUT2D eigenvalue weighted by Crippen LogP contribution is 2.26. The maximum Gasteiger partial charge on any atom is 0.418 e. The van der Waals surface area contributed by atoms with Gasteiger partial charge in [-0.15, -0.1) is 0 Å². The third-order valence-electron chi connectivity index (χ3n) is 2.47. The average Bonchev–Trinajstić information content (AvgIpc) is 2.36. The zero-order valence-corrected chi connectivity index (χ0v) is 9.27. The van der Waals surface area contributed by atoms with E-state index in [2.05, 4.69) is 0 Å². The molecule has 0 aliphatic heterocycles. The van der Waals surface area contributed by atoms with Crippen LogP contribution in [0.15, 0.2) is 48.5 Å². The number of hydrogen-bond acceptors (Lipinski definition) is 2. The first-order valence-electron chi connectivity index (χ1n) is 5.24. The van der Waals surface area contributed by atoms with E-state index in [1.54, 1.807) is 12.1 Å². The second kappa shape index (κ2) is 5.40. The minimum Gasteiger partial charge on any atom is -0.444 e. The van der Waals surface area contributed by atoms with Crippen LogP contribution in [0.1, 0.15) is 17.2 Å². The van der Waals surface area contributed by atoms with Crippen LogP contribution in [0.3, 0.4) is 0 Å². The highest BCUT2D eigenvalue weighted by atomic mass is 19.1. The molecule has 2 aromatic carbocycles. The number of carbonyl (C=O) groups excluding carboxylic acids is 1. The normalized spacial score (nSPS) is 10.4. The minimum absolute atomic E-state index is 0.420. The highest BCUT2D eigenvalue weighted by Gasteiger charge is 2.16. The molecule has 18 heavy (non-hydrogen) atoms. The van der Waals surface area contributed by atoms with Crippen molar-refractivity contribution in [2.75, 3.05) is 0 Å². The number of benzene rings is 2. The van der Waals surface area contributed by atoms with Gasteiger partial charge in [-0.3, -0.25) is 0 Å². The molecule has 0 heterocycles. The fourth-order valence-corrected chi connectivity index (χ4v) is 1.72. The quantitative estimate of drug-likeness (QED) is 0.829. The molecule has 2 rings (SSSR count). The molecule has 0 aliphatic rings. The Bertz CT molecular complexity index is 509. The van der Waals surface area contributed by atoms with E-state index in [1.807, 2.05) is 0 Å². The Hall–Kier alpha value is -2.23. The van der Waals surface area contributed by atoms with Crippen molar-refractivity contribution in [2.45, 2.75) is 6.10 Å². The Labute approximate surface area is 103 Å². The monoisotopic (exact) mass is 247 g/mol. The Morgan fingerprint density at radius 2 is 1.44 bits per heavy atom. The molecule has 0 aliphatic carbocycles. The minimum atomic E-state index is -0.867. The third-order valence-corrected chi connectivity index (χ3v) is 2.47. The third kappa shape index (κ3) is 2.71. The first-order chi connectivity index (χ1) is 8.70. The summed E-state index contributed by atoms with van der Waals surface area (Å²) >= 11 is 0. The maximum absolute atomic E-state index is 13.1. The zero-order chi connectivity index (χ0) is 13.0. The van der Waals surface area contributed by atoms with Crippen molar-refractivity contribution in [1.82, 2.24) is 0 Å². The fraction of sp³-hybridized carbons (Fsp3) is 0.0714. The molecule has 0 amide bonds. The highest BCUT2D eigenvalue weighted by molar-refractivity contribution is 5.42. The van der Waals surface area contributed by atoms with Crippen LogP contribution in [0, 0.1) is 11.6 Å². The van der Waals surface area contributed by atoms with E-state index in [9.17, 15) is 13.6 Å². The molecule has 2 aromatic rings. The smallest absolute Gasteiger partial charge is 0.418 e. The average molecular weight is 247 g/mol. The predicted octanol–water partition coefficient (Wildman–Crippen LogP) is 3.14. The molecular weight excluding hydrogens is 238 g/mol. The van der Waals surface area contributed by atoms with Gasteiger partial charge >= 0.3 is 6.47 Å². The van der Waals surface area contributed by atoms with Gasteiger partial charge in [-0.25, -0.2) is 13.6 Å². The Kier molecular flexibility index (Phi) is 3.67. The number of halogens is 2. The van der Waals surface area contributed by atoms with Crippen LogP contribution >= 0.6 is 0 Å². The molecule has 0 fully saturated rings. The summed E-state index contributed by atoms with van der Waals surface area (Å²) in [4.78, 5) is 10.4. The summed E-state index contributed by atoms with van der Waals surface area (Å²) in [5.74, 6) is -0.910. The Balaban J connectivity index is 2.42. The van der Waals surface area contributed by atoms with Crippen molar-refractivity contribution >= 4 is 6.47 Å². The van der Waals surface area contributed by atoms with Crippen LogP contribution in [0.2, 0.25) is 0 Å². The molecule has 0 N–H and O–H groups in total. The fourth-order valence-electron chi connectivity index (χ4n) is 1.72.